The van der Waals surface area contributed by atoms with E-state index in [1.165, 1.54) is 22.7 Å². The molecule has 0 spiro atoms. The molecule has 142 valence electrons. The van der Waals surface area contributed by atoms with Crippen LogP contribution in [0.3, 0.4) is 0 Å². The molecule has 4 rings (SSSR count). The smallest absolute Gasteiger partial charge is 0.410 e. The van der Waals surface area contributed by atoms with Gasteiger partial charge in [-0.3, -0.25) is 4.79 Å². The van der Waals surface area contributed by atoms with Crippen molar-refractivity contribution in [2.45, 2.75) is 19.9 Å². The van der Waals surface area contributed by atoms with Gasteiger partial charge in [-0.15, -0.1) is 22.7 Å². The number of thiazole rings is 1. The van der Waals surface area contributed by atoms with E-state index in [9.17, 15) is 14.9 Å². The van der Waals surface area contributed by atoms with Crippen molar-refractivity contribution in [2.24, 2.45) is 0 Å². The van der Waals surface area contributed by atoms with Gasteiger partial charge in [-0.1, -0.05) is 12.1 Å². The first-order valence-corrected chi connectivity index (χ1v) is 10.4. The topological polar surface area (TPSA) is 95.3 Å². The van der Waals surface area contributed by atoms with Crippen LogP contribution in [-0.4, -0.2) is 35.0 Å². The maximum Gasteiger partial charge on any atom is 0.410 e. The molecule has 0 atom stereocenters. The van der Waals surface area contributed by atoms with Crippen LogP contribution in [0.4, 0.5) is 9.80 Å². The average molecular weight is 412 g/mol. The number of thiophene rings is 1. The molecule has 0 aliphatic carbocycles. The minimum atomic E-state index is -0.361. The van der Waals surface area contributed by atoms with Crippen LogP contribution in [0.1, 0.15) is 32.7 Å². The summed E-state index contributed by atoms with van der Waals surface area (Å²) in [5, 5.41) is 13.3. The Morgan fingerprint density at radius 1 is 1.36 bits per heavy atom. The lowest BCUT2D eigenvalue weighted by Crippen LogP contribution is -2.35. The number of hydrogen-bond acceptors (Lipinski definition) is 7. The van der Waals surface area contributed by atoms with Crippen LogP contribution in [0.25, 0.3) is 10.2 Å². The van der Waals surface area contributed by atoms with Crippen molar-refractivity contribution >= 4 is 49.9 Å². The molecular formula is C19H16N4O3S2. The molecule has 1 aromatic carbocycles. The van der Waals surface area contributed by atoms with Gasteiger partial charge in [0.05, 0.1) is 28.9 Å². The SMILES string of the molecule is CCOC(=O)N1CCc2c(sc(NC(=O)c3nc4ccccc4s3)c2C#N)C1. The Hall–Kier alpha value is -2.96. The van der Waals surface area contributed by atoms with Gasteiger partial charge < -0.3 is 15.0 Å². The number of nitrogens with zero attached hydrogens (tertiary/aromatic N) is 3. The molecule has 3 aromatic rings. The number of amides is 2. The highest BCUT2D eigenvalue weighted by Gasteiger charge is 2.28. The van der Waals surface area contributed by atoms with E-state index in [0.29, 0.717) is 41.7 Å². The molecule has 1 N–H and O–H groups in total. The minimum Gasteiger partial charge on any atom is -0.450 e. The highest BCUT2D eigenvalue weighted by atomic mass is 32.1. The largest absolute Gasteiger partial charge is 0.450 e. The number of fused-ring (bicyclic) bond motifs is 2. The molecule has 0 saturated heterocycles. The number of anilines is 1. The number of benzene rings is 1. The molecule has 7 nitrogen and oxygen atoms in total. The number of rotatable bonds is 3. The summed E-state index contributed by atoms with van der Waals surface area (Å²) in [6.45, 7) is 2.95. The minimum absolute atomic E-state index is 0.319. The fourth-order valence-electron chi connectivity index (χ4n) is 3.11. The molecule has 0 radical (unpaired) electrons. The van der Waals surface area contributed by atoms with Crippen molar-refractivity contribution in [2.75, 3.05) is 18.5 Å². The van der Waals surface area contributed by atoms with Crippen LogP contribution in [-0.2, 0) is 17.7 Å². The van der Waals surface area contributed by atoms with Gasteiger partial charge >= 0.3 is 6.09 Å². The number of ether oxygens (including phenoxy) is 1. The van der Waals surface area contributed by atoms with Crippen LogP contribution in [0.5, 0.6) is 0 Å². The Bertz CT molecular complexity index is 1080. The Kier molecular flexibility index (Phi) is 4.98. The molecule has 9 heteroatoms. The lowest BCUT2D eigenvalue weighted by molar-refractivity contribution is 0.102. The Morgan fingerprint density at radius 3 is 2.93 bits per heavy atom. The fraction of sp³-hybridized carbons (Fsp3) is 0.263. The first-order chi connectivity index (χ1) is 13.6. The summed E-state index contributed by atoms with van der Waals surface area (Å²) in [5.74, 6) is -0.335. The number of carbonyl (C=O) groups excluding carboxylic acids is 2. The standard InChI is InChI=1S/C19H16N4O3S2/c1-2-26-19(25)23-8-7-11-12(9-20)17(28-15(11)10-23)22-16(24)18-21-13-5-3-4-6-14(13)27-18/h3-6H,2,7-8,10H2,1H3,(H,22,24). The van der Waals surface area contributed by atoms with E-state index in [1.807, 2.05) is 24.3 Å². The lowest BCUT2D eigenvalue weighted by Gasteiger charge is -2.25. The zero-order valence-corrected chi connectivity index (χ0v) is 16.7. The van der Waals surface area contributed by atoms with E-state index < -0.39 is 0 Å². The Balaban J connectivity index is 1.58. The van der Waals surface area contributed by atoms with Gasteiger partial charge in [-0.05, 0) is 31.0 Å². The molecular weight excluding hydrogens is 396 g/mol. The number of aromatic nitrogens is 1. The van der Waals surface area contributed by atoms with Gasteiger partial charge in [0.2, 0.25) is 0 Å². The fourth-order valence-corrected chi connectivity index (χ4v) is 5.18. The molecule has 0 fully saturated rings. The Labute approximate surface area is 169 Å². The number of nitriles is 1. The zero-order chi connectivity index (χ0) is 19.7. The van der Waals surface area contributed by atoms with E-state index in [4.69, 9.17) is 4.74 Å². The van der Waals surface area contributed by atoms with Gasteiger partial charge in [-0.25, -0.2) is 9.78 Å². The van der Waals surface area contributed by atoms with E-state index in [2.05, 4.69) is 16.4 Å². The first-order valence-electron chi connectivity index (χ1n) is 8.74. The molecule has 0 unspecified atom stereocenters. The summed E-state index contributed by atoms with van der Waals surface area (Å²) in [4.78, 5) is 31.5. The lowest BCUT2D eigenvalue weighted by atomic mass is 10.0. The maximum absolute atomic E-state index is 12.7. The summed E-state index contributed by atoms with van der Waals surface area (Å²) < 4.78 is 5.99. The maximum atomic E-state index is 12.7. The number of nitrogens with one attached hydrogen (secondary N) is 1. The third kappa shape index (κ3) is 3.32. The van der Waals surface area contributed by atoms with Crippen molar-refractivity contribution < 1.29 is 14.3 Å². The van der Waals surface area contributed by atoms with Crippen molar-refractivity contribution in [3.05, 3.63) is 45.3 Å². The zero-order valence-electron chi connectivity index (χ0n) is 15.0. The third-order valence-electron chi connectivity index (χ3n) is 4.41. The normalized spacial score (nSPS) is 13.1. The molecule has 28 heavy (non-hydrogen) atoms. The third-order valence-corrected chi connectivity index (χ3v) is 6.58. The summed E-state index contributed by atoms with van der Waals surface area (Å²) in [6, 6.07) is 9.75. The second-order valence-corrected chi connectivity index (χ2v) is 8.27. The molecule has 2 aromatic heterocycles. The molecule has 0 bridgehead atoms. The van der Waals surface area contributed by atoms with Crippen LogP contribution in [0.15, 0.2) is 24.3 Å². The number of hydrogen-bond donors (Lipinski definition) is 1. The van der Waals surface area contributed by atoms with Gasteiger partial charge in [0.15, 0.2) is 5.01 Å². The summed E-state index contributed by atoms with van der Waals surface area (Å²) in [7, 11) is 0. The van der Waals surface area contributed by atoms with E-state index in [1.54, 1.807) is 11.8 Å². The number of carbonyl (C=O) groups is 2. The van der Waals surface area contributed by atoms with E-state index >= 15 is 0 Å². The summed E-state index contributed by atoms with van der Waals surface area (Å²) in [6.07, 6.45) is 0.199. The average Bonchev–Trinajstić information content (AvgIpc) is 3.28. The van der Waals surface area contributed by atoms with Crippen molar-refractivity contribution in [3.8, 4) is 6.07 Å². The van der Waals surface area contributed by atoms with Crippen molar-refractivity contribution in [3.63, 3.8) is 0 Å². The van der Waals surface area contributed by atoms with Gasteiger partial charge in [0.25, 0.3) is 5.91 Å². The molecule has 3 heterocycles. The van der Waals surface area contributed by atoms with E-state index in [0.717, 1.165) is 20.7 Å². The molecule has 1 aliphatic heterocycles. The highest BCUT2D eigenvalue weighted by Crippen LogP contribution is 2.37. The number of para-hydroxylation sites is 1. The predicted octanol–water partition coefficient (Wildman–Crippen LogP) is 4.00. The Morgan fingerprint density at radius 2 is 2.18 bits per heavy atom. The van der Waals surface area contributed by atoms with Crippen LogP contribution in [0, 0.1) is 11.3 Å². The molecule has 0 saturated carbocycles. The highest BCUT2D eigenvalue weighted by molar-refractivity contribution is 7.20. The van der Waals surface area contributed by atoms with Crippen LogP contribution >= 0.6 is 22.7 Å². The quantitative estimate of drug-likeness (QED) is 0.702. The van der Waals surface area contributed by atoms with Crippen LogP contribution < -0.4 is 5.32 Å². The summed E-state index contributed by atoms with van der Waals surface area (Å²) in [5.41, 5.74) is 2.14. The first kappa shape index (κ1) is 18.4. The van der Waals surface area contributed by atoms with Crippen LogP contribution in [0.2, 0.25) is 0 Å². The second-order valence-electron chi connectivity index (χ2n) is 6.13. The van der Waals surface area contributed by atoms with Crippen molar-refractivity contribution in [1.82, 2.24) is 9.88 Å². The van der Waals surface area contributed by atoms with Gasteiger partial charge in [0.1, 0.15) is 11.1 Å². The van der Waals surface area contributed by atoms with Gasteiger partial charge in [0, 0.05) is 11.4 Å². The van der Waals surface area contributed by atoms with E-state index in [-0.39, 0.29) is 12.0 Å². The molecule has 2 amide bonds. The van der Waals surface area contributed by atoms with Crippen molar-refractivity contribution in [1.29, 1.82) is 5.26 Å². The monoisotopic (exact) mass is 412 g/mol. The predicted molar refractivity (Wildman–Crippen MR) is 108 cm³/mol. The second kappa shape index (κ2) is 7.58. The van der Waals surface area contributed by atoms with Gasteiger partial charge in [-0.2, -0.15) is 5.26 Å². The summed E-state index contributed by atoms with van der Waals surface area (Å²) >= 11 is 2.64. The molecule has 1 aliphatic rings.